The van der Waals surface area contributed by atoms with Crippen molar-refractivity contribution in [3.63, 3.8) is 0 Å². The molecule has 0 fully saturated rings. The van der Waals surface area contributed by atoms with Crippen LogP contribution in [0.25, 0.3) is 0 Å². The van der Waals surface area contributed by atoms with E-state index < -0.39 is 12.1 Å². The molecule has 48 valence electrons. The minimum Gasteiger partial charge on any atom is -0.364 e. The fraction of sp³-hybridized carbons (Fsp3) is 1.00. The summed E-state index contributed by atoms with van der Waals surface area (Å²) in [5.41, 5.74) is 0. The third-order valence-corrected chi connectivity index (χ3v) is 0.489. The normalized spacial score (nSPS) is 11.2. The largest absolute Gasteiger partial charge is 0.364 e. The molecule has 0 aromatic heterocycles. The summed E-state index contributed by atoms with van der Waals surface area (Å²) in [6.07, 6.45) is -2.09. The van der Waals surface area contributed by atoms with Crippen LogP contribution in [0.2, 0.25) is 0 Å². The molecule has 0 aliphatic rings. The molecule has 0 spiro atoms. The molecule has 0 aliphatic heterocycles. The summed E-state index contributed by atoms with van der Waals surface area (Å²) in [7, 11) is 0. The Hall–Kier alpha value is 0.554. The summed E-state index contributed by atoms with van der Waals surface area (Å²) in [5, 5.41) is 32.2. The van der Waals surface area contributed by atoms with Gasteiger partial charge in [0.15, 0.2) is 0 Å². The first-order valence-corrected chi connectivity index (χ1v) is 1.75. The van der Waals surface area contributed by atoms with Crippen molar-refractivity contribution in [2.45, 2.75) is 19.0 Å². The van der Waals surface area contributed by atoms with Crippen LogP contribution in [-0.4, -0.2) is 32.5 Å². The molecule has 0 amide bonds. The maximum absolute atomic E-state index is 8.15. The van der Waals surface area contributed by atoms with Gasteiger partial charge in [0.2, 0.25) is 12.1 Å². The third-order valence-electron chi connectivity index (χ3n) is 0.489. The van der Waals surface area contributed by atoms with Crippen molar-refractivity contribution in [2.24, 2.45) is 0 Å². The van der Waals surface area contributed by atoms with E-state index in [-0.39, 0.29) is 21.7 Å². The molecule has 0 rings (SSSR count). The van der Waals surface area contributed by atoms with Crippen LogP contribution in [0.15, 0.2) is 0 Å². The molecule has 0 aliphatic carbocycles. The van der Waals surface area contributed by atoms with E-state index in [1.54, 1.807) is 0 Å². The van der Waals surface area contributed by atoms with E-state index in [4.69, 9.17) is 20.4 Å². The van der Waals surface area contributed by atoms with Crippen molar-refractivity contribution in [2.75, 3.05) is 0 Å². The number of aliphatic hydroxyl groups is 4. The summed E-state index contributed by atoms with van der Waals surface area (Å²) in [5.74, 6) is -2.39. The first kappa shape index (κ1) is 11.4. The second-order valence-corrected chi connectivity index (χ2v) is 1.47. The quantitative estimate of drug-likeness (QED) is 0.261. The van der Waals surface area contributed by atoms with Crippen LogP contribution in [0.4, 0.5) is 0 Å². The number of hydrogen-bond acceptors (Lipinski definition) is 4. The summed E-state index contributed by atoms with van der Waals surface area (Å²) >= 11 is 0. The number of hydrogen-bond donors (Lipinski definition) is 4. The minimum atomic E-state index is -2.39. The van der Waals surface area contributed by atoms with Gasteiger partial charge in [-0.2, -0.15) is 0 Å². The summed E-state index contributed by atoms with van der Waals surface area (Å²) in [6.45, 7) is 0.873. The molecular weight excluding hydrogens is 148 g/mol. The van der Waals surface area contributed by atoms with Gasteiger partial charge < -0.3 is 20.4 Å². The zero-order chi connectivity index (χ0) is 6.08. The first-order valence-electron chi connectivity index (χ1n) is 1.75. The Morgan fingerprint density at radius 3 is 1.38 bits per heavy atom. The Morgan fingerprint density at radius 1 is 1.25 bits per heavy atom. The molecule has 4 nitrogen and oxygen atoms in total. The van der Waals surface area contributed by atoms with Gasteiger partial charge in [-0.15, -0.1) is 0 Å². The fourth-order valence-corrected chi connectivity index (χ4v) is 0. The van der Waals surface area contributed by atoms with Gasteiger partial charge in [0.05, 0.1) is 0 Å². The number of aliphatic hydroxyl groups excluding tert-OH is 1. The summed E-state index contributed by atoms with van der Waals surface area (Å²) < 4.78 is 0. The van der Waals surface area contributed by atoms with Crippen molar-refractivity contribution in [3.8, 4) is 0 Å². The molecule has 0 atom stereocenters. The van der Waals surface area contributed by atoms with E-state index in [1.807, 2.05) is 0 Å². The standard InChI is InChI=1S/C3H8O4.Ti/c1-3(6,7)2(4)5;/h2,4-7H,1H3;. The van der Waals surface area contributed by atoms with Gasteiger partial charge in [-0.1, -0.05) is 0 Å². The molecule has 0 heterocycles. The fourth-order valence-electron chi connectivity index (χ4n) is 0. The Kier molecular flexibility index (Phi) is 5.05. The van der Waals surface area contributed by atoms with E-state index in [0.29, 0.717) is 0 Å². The van der Waals surface area contributed by atoms with Crippen molar-refractivity contribution in [1.82, 2.24) is 0 Å². The zero-order valence-electron chi connectivity index (χ0n) is 4.37. The molecule has 0 radical (unpaired) electrons. The van der Waals surface area contributed by atoms with Gasteiger partial charge >= 0.3 is 0 Å². The smallest absolute Gasteiger partial charge is 0.212 e. The molecule has 0 saturated carbocycles. The van der Waals surface area contributed by atoms with Gasteiger partial charge in [0.1, 0.15) is 0 Å². The Labute approximate surface area is 61.7 Å². The van der Waals surface area contributed by atoms with Crippen LogP contribution in [0.1, 0.15) is 6.92 Å². The van der Waals surface area contributed by atoms with E-state index in [2.05, 4.69) is 0 Å². The Morgan fingerprint density at radius 2 is 1.38 bits per heavy atom. The second-order valence-electron chi connectivity index (χ2n) is 1.47. The van der Waals surface area contributed by atoms with E-state index in [0.717, 1.165) is 6.92 Å². The molecule has 4 N–H and O–H groups in total. The molecule has 0 bridgehead atoms. The van der Waals surface area contributed by atoms with E-state index >= 15 is 0 Å². The van der Waals surface area contributed by atoms with Gasteiger partial charge in [-0.05, 0) is 6.92 Å². The van der Waals surface area contributed by atoms with Crippen LogP contribution in [-0.2, 0) is 21.7 Å². The molecular formula is C3H8O4Ti. The Balaban J connectivity index is 0. The average Bonchev–Trinajstić information content (AvgIpc) is 1.31. The van der Waals surface area contributed by atoms with E-state index in [1.165, 1.54) is 0 Å². The van der Waals surface area contributed by atoms with Crippen molar-refractivity contribution in [1.29, 1.82) is 0 Å². The predicted octanol–water partition coefficient (Wildman–Crippen LogP) is -2.00. The van der Waals surface area contributed by atoms with Crippen LogP contribution < -0.4 is 0 Å². The van der Waals surface area contributed by atoms with Crippen molar-refractivity contribution >= 4 is 0 Å². The van der Waals surface area contributed by atoms with Crippen molar-refractivity contribution < 1.29 is 42.1 Å². The van der Waals surface area contributed by atoms with Gasteiger partial charge in [0, 0.05) is 21.7 Å². The van der Waals surface area contributed by atoms with E-state index in [9.17, 15) is 0 Å². The monoisotopic (exact) mass is 156 g/mol. The average molecular weight is 156 g/mol. The first-order chi connectivity index (χ1) is 2.94. The molecule has 0 saturated heterocycles. The van der Waals surface area contributed by atoms with Gasteiger partial charge in [-0.3, -0.25) is 0 Å². The van der Waals surface area contributed by atoms with Crippen LogP contribution in [0, 0.1) is 0 Å². The maximum Gasteiger partial charge on any atom is 0.212 e. The molecule has 8 heavy (non-hydrogen) atoms. The SMILES string of the molecule is CC(O)(O)C(O)O.[Ti]. The molecule has 0 aromatic carbocycles. The second kappa shape index (κ2) is 3.56. The van der Waals surface area contributed by atoms with Gasteiger partial charge in [0.25, 0.3) is 0 Å². The Bertz CT molecular complexity index is 56.8. The van der Waals surface area contributed by atoms with Crippen LogP contribution >= 0.6 is 0 Å². The summed E-state index contributed by atoms with van der Waals surface area (Å²) in [6, 6.07) is 0. The predicted molar refractivity (Wildman–Crippen MR) is 21.1 cm³/mol. The minimum absolute atomic E-state index is 0. The molecule has 0 aromatic rings. The molecule has 5 heteroatoms. The number of rotatable bonds is 1. The topological polar surface area (TPSA) is 80.9 Å². The zero-order valence-corrected chi connectivity index (χ0v) is 5.93. The van der Waals surface area contributed by atoms with Crippen molar-refractivity contribution in [3.05, 3.63) is 0 Å². The van der Waals surface area contributed by atoms with Crippen LogP contribution in [0.3, 0.4) is 0 Å². The third kappa shape index (κ3) is 4.71. The van der Waals surface area contributed by atoms with Crippen LogP contribution in [0.5, 0.6) is 0 Å². The van der Waals surface area contributed by atoms with Gasteiger partial charge in [-0.25, -0.2) is 0 Å². The molecule has 0 unspecified atom stereocenters. The summed E-state index contributed by atoms with van der Waals surface area (Å²) in [4.78, 5) is 0. The maximum atomic E-state index is 8.15.